The summed E-state index contributed by atoms with van der Waals surface area (Å²) in [6, 6.07) is 0. The van der Waals surface area contributed by atoms with Gasteiger partial charge in [-0.25, -0.2) is 4.79 Å². The maximum absolute atomic E-state index is 11.5. The summed E-state index contributed by atoms with van der Waals surface area (Å²) in [6.07, 6.45) is 1.72. The quantitative estimate of drug-likeness (QED) is 0.247. The first-order valence-electron chi connectivity index (χ1n) is 8.37. The van der Waals surface area contributed by atoms with Crippen molar-refractivity contribution < 1.29 is 14.3 Å². The summed E-state index contributed by atoms with van der Waals surface area (Å²) in [6.45, 7) is 12.9. The summed E-state index contributed by atoms with van der Waals surface area (Å²) in [5.74, 6) is 0.732. The van der Waals surface area contributed by atoms with E-state index in [1.165, 1.54) is 0 Å². The summed E-state index contributed by atoms with van der Waals surface area (Å²) in [7, 11) is 0. The molecule has 8 heteroatoms. The van der Waals surface area contributed by atoms with E-state index in [0.717, 1.165) is 32.0 Å². The highest BCUT2D eigenvalue weighted by atomic mass is 127. The van der Waals surface area contributed by atoms with E-state index in [4.69, 9.17) is 9.47 Å². The lowest BCUT2D eigenvalue weighted by Crippen LogP contribution is -2.43. The van der Waals surface area contributed by atoms with Gasteiger partial charge in [0.1, 0.15) is 5.60 Å². The van der Waals surface area contributed by atoms with Crippen LogP contribution in [0.4, 0.5) is 4.79 Å². The van der Waals surface area contributed by atoms with Gasteiger partial charge in [-0.1, -0.05) is 0 Å². The number of ether oxygens (including phenoxy) is 2. The van der Waals surface area contributed by atoms with Crippen LogP contribution >= 0.6 is 24.0 Å². The monoisotopic (exact) mass is 456 g/mol. The third-order valence-electron chi connectivity index (χ3n) is 3.30. The Labute approximate surface area is 162 Å². The van der Waals surface area contributed by atoms with Gasteiger partial charge in [0, 0.05) is 26.2 Å². The predicted molar refractivity (Wildman–Crippen MR) is 107 cm³/mol. The lowest BCUT2D eigenvalue weighted by atomic mass is 10.0. The van der Waals surface area contributed by atoms with Crippen LogP contribution in [-0.4, -0.2) is 56.0 Å². The van der Waals surface area contributed by atoms with E-state index in [1.807, 2.05) is 27.7 Å². The number of amides is 1. The van der Waals surface area contributed by atoms with Crippen LogP contribution in [-0.2, 0) is 9.47 Å². The molecule has 0 aliphatic carbocycles. The highest BCUT2D eigenvalue weighted by Crippen LogP contribution is 2.24. The Kier molecular flexibility index (Phi) is 10.6. The van der Waals surface area contributed by atoms with Gasteiger partial charge in [-0.05, 0) is 47.5 Å². The zero-order valence-corrected chi connectivity index (χ0v) is 17.9. The molecule has 1 aliphatic rings. The molecule has 7 nitrogen and oxygen atoms in total. The molecule has 0 aromatic rings. The number of nitrogens with one attached hydrogen (secondary N) is 3. The van der Waals surface area contributed by atoms with Crippen molar-refractivity contribution in [2.45, 2.75) is 58.7 Å². The van der Waals surface area contributed by atoms with Crippen LogP contribution in [0, 0.1) is 0 Å². The minimum atomic E-state index is -0.482. The number of carbonyl (C=O) groups excluding carboxylic acids is 1. The highest BCUT2D eigenvalue weighted by Gasteiger charge is 2.29. The van der Waals surface area contributed by atoms with E-state index in [0.29, 0.717) is 19.6 Å². The zero-order valence-electron chi connectivity index (χ0n) is 15.5. The summed E-state index contributed by atoms with van der Waals surface area (Å²) in [5, 5.41) is 9.09. The van der Waals surface area contributed by atoms with Gasteiger partial charge in [-0.2, -0.15) is 0 Å². The van der Waals surface area contributed by atoms with Crippen LogP contribution in [0.1, 0.15) is 47.5 Å². The molecule has 1 atom stereocenters. The van der Waals surface area contributed by atoms with Gasteiger partial charge >= 0.3 is 6.09 Å². The summed E-state index contributed by atoms with van der Waals surface area (Å²) < 4.78 is 10.9. The van der Waals surface area contributed by atoms with Gasteiger partial charge in [-0.3, -0.25) is 4.99 Å². The standard InChI is InChI=1S/C16H32N4O3.HI/c1-6-17-13(20-12-16(5)8-7-11-22-16)18-9-10-19-14(21)23-15(2,3)4;/h6-12H2,1-5H3,(H,19,21)(H2,17,18,20);1H. The Hall–Kier alpha value is -0.770. The molecular formula is C16H33IN4O3. The number of nitrogens with zero attached hydrogens (tertiary/aromatic N) is 1. The number of hydrogen-bond donors (Lipinski definition) is 3. The molecule has 24 heavy (non-hydrogen) atoms. The van der Waals surface area contributed by atoms with Gasteiger partial charge in [-0.15, -0.1) is 24.0 Å². The largest absolute Gasteiger partial charge is 0.444 e. The van der Waals surface area contributed by atoms with Crippen molar-refractivity contribution in [3.63, 3.8) is 0 Å². The Balaban J connectivity index is 0.00000529. The fraction of sp³-hybridized carbons (Fsp3) is 0.875. The molecule has 1 aliphatic heterocycles. The average molecular weight is 456 g/mol. The van der Waals surface area contributed by atoms with Crippen molar-refractivity contribution in [2.24, 2.45) is 4.99 Å². The third-order valence-corrected chi connectivity index (χ3v) is 3.30. The van der Waals surface area contributed by atoms with Crippen molar-refractivity contribution in [3.8, 4) is 0 Å². The fourth-order valence-corrected chi connectivity index (χ4v) is 2.21. The van der Waals surface area contributed by atoms with E-state index in [-0.39, 0.29) is 29.6 Å². The summed E-state index contributed by atoms with van der Waals surface area (Å²) in [4.78, 5) is 16.1. The lowest BCUT2D eigenvalue weighted by Gasteiger charge is -2.22. The second kappa shape index (κ2) is 11.0. The van der Waals surface area contributed by atoms with E-state index < -0.39 is 11.7 Å². The second-order valence-corrected chi connectivity index (χ2v) is 6.95. The Bertz CT molecular complexity index is 405. The van der Waals surface area contributed by atoms with Crippen molar-refractivity contribution in [1.82, 2.24) is 16.0 Å². The van der Waals surface area contributed by atoms with Gasteiger partial charge in [0.2, 0.25) is 0 Å². The smallest absolute Gasteiger partial charge is 0.407 e. The molecule has 0 aromatic carbocycles. The number of carbonyl (C=O) groups is 1. The molecule has 0 saturated carbocycles. The Morgan fingerprint density at radius 1 is 1.25 bits per heavy atom. The van der Waals surface area contributed by atoms with Crippen LogP contribution in [0.5, 0.6) is 0 Å². The number of alkyl carbamates (subject to hydrolysis) is 1. The molecule has 0 bridgehead atoms. The molecule has 1 saturated heterocycles. The number of rotatable bonds is 6. The van der Waals surface area contributed by atoms with E-state index in [1.54, 1.807) is 0 Å². The number of hydrogen-bond acceptors (Lipinski definition) is 4. The van der Waals surface area contributed by atoms with Crippen molar-refractivity contribution in [1.29, 1.82) is 0 Å². The molecule has 0 radical (unpaired) electrons. The maximum atomic E-state index is 11.5. The van der Waals surface area contributed by atoms with Crippen LogP contribution in [0.3, 0.4) is 0 Å². The minimum absolute atomic E-state index is 0. The molecular weight excluding hydrogens is 423 g/mol. The first-order valence-corrected chi connectivity index (χ1v) is 8.37. The van der Waals surface area contributed by atoms with Crippen LogP contribution in [0.15, 0.2) is 4.99 Å². The maximum Gasteiger partial charge on any atom is 0.407 e. The van der Waals surface area contributed by atoms with Crippen LogP contribution < -0.4 is 16.0 Å². The third kappa shape index (κ3) is 10.2. The molecule has 1 fully saturated rings. The van der Waals surface area contributed by atoms with E-state index in [9.17, 15) is 4.79 Å². The van der Waals surface area contributed by atoms with E-state index in [2.05, 4.69) is 27.9 Å². The molecule has 1 heterocycles. The van der Waals surface area contributed by atoms with Gasteiger partial charge < -0.3 is 25.4 Å². The summed E-state index contributed by atoms with van der Waals surface area (Å²) >= 11 is 0. The fourth-order valence-electron chi connectivity index (χ4n) is 2.21. The first kappa shape index (κ1) is 23.2. The van der Waals surface area contributed by atoms with Gasteiger partial charge in [0.15, 0.2) is 5.96 Å². The summed E-state index contributed by atoms with van der Waals surface area (Å²) in [5.41, 5.74) is -0.637. The first-order chi connectivity index (χ1) is 10.7. The molecule has 3 N–H and O–H groups in total. The molecule has 1 rings (SSSR count). The average Bonchev–Trinajstić information content (AvgIpc) is 2.86. The number of guanidine groups is 1. The normalized spacial score (nSPS) is 21.0. The molecule has 1 amide bonds. The highest BCUT2D eigenvalue weighted by molar-refractivity contribution is 14.0. The molecule has 1 unspecified atom stereocenters. The lowest BCUT2D eigenvalue weighted by molar-refractivity contribution is 0.0283. The van der Waals surface area contributed by atoms with E-state index >= 15 is 0 Å². The van der Waals surface area contributed by atoms with Crippen molar-refractivity contribution in [2.75, 3.05) is 32.8 Å². The van der Waals surface area contributed by atoms with Gasteiger partial charge in [0.25, 0.3) is 0 Å². The zero-order chi connectivity index (χ0) is 17.3. The molecule has 142 valence electrons. The second-order valence-electron chi connectivity index (χ2n) is 6.95. The number of aliphatic imine (C=N–C) groups is 1. The predicted octanol–water partition coefficient (Wildman–Crippen LogP) is 2.25. The Morgan fingerprint density at radius 2 is 1.92 bits per heavy atom. The Morgan fingerprint density at radius 3 is 2.46 bits per heavy atom. The van der Waals surface area contributed by atoms with Crippen molar-refractivity contribution in [3.05, 3.63) is 0 Å². The molecule has 0 spiro atoms. The minimum Gasteiger partial charge on any atom is -0.444 e. The van der Waals surface area contributed by atoms with Crippen LogP contribution in [0.25, 0.3) is 0 Å². The van der Waals surface area contributed by atoms with Crippen LogP contribution in [0.2, 0.25) is 0 Å². The topological polar surface area (TPSA) is 84.0 Å². The van der Waals surface area contributed by atoms with Gasteiger partial charge in [0.05, 0.1) is 12.1 Å². The van der Waals surface area contributed by atoms with Crippen molar-refractivity contribution >= 4 is 36.0 Å². The SMILES string of the molecule is CCNC(=NCC1(C)CCCO1)NCCNC(=O)OC(C)(C)C.I. The molecule has 0 aromatic heterocycles. The number of halogens is 1.